The molecule has 1 aromatic carbocycles. The summed E-state index contributed by atoms with van der Waals surface area (Å²) in [6, 6.07) is 5.16. The van der Waals surface area contributed by atoms with Crippen molar-refractivity contribution in [2.45, 2.75) is 12.5 Å². The molecule has 0 saturated heterocycles. The van der Waals surface area contributed by atoms with Crippen LogP contribution in [0.25, 0.3) is 0 Å². The monoisotopic (exact) mass is 286 g/mol. The summed E-state index contributed by atoms with van der Waals surface area (Å²) in [5.74, 6) is 0. The Morgan fingerprint density at radius 1 is 1.44 bits per heavy atom. The van der Waals surface area contributed by atoms with Gasteiger partial charge in [0.2, 0.25) is 0 Å². The molecule has 1 unspecified atom stereocenters. The molecular formula is C14H16Cl2O2. The van der Waals surface area contributed by atoms with Gasteiger partial charge in [-0.2, -0.15) is 0 Å². The Hall–Kier alpha value is -0.800. The van der Waals surface area contributed by atoms with Gasteiger partial charge in [0.15, 0.2) is 0 Å². The van der Waals surface area contributed by atoms with Crippen molar-refractivity contribution in [1.82, 2.24) is 0 Å². The zero-order valence-corrected chi connectivity index (χ0v) is 11.7. The molecule has 0 radical (unpaired) electrons. The molecule has 0 heterocycles. The van der Waals surface area contributed by atoms with E-state index in [9.17, 15) is 5.11 Å². The van der Waals surface area contributed by atoms with E-state index in [4.69, 9.17) is 27.9 Å². The smallest absolute Gasteiger partial charge is 0.0853 e. The Morgan fingerprint density at radius 2 is 2.06 bits per heavy atom. The van der Waals surface area contributed by atoms with E-state index in [-0.39, 0.29) is 0 Å². The number of benzene rings is 1. The van der Waals surface area contributed by atoms with Crippen LogP contribution in [0.2, 0.25) is 10.0 Å². The van der Waals surface area contributed by atoms with Crippen molar-refractivity contribution in [3.63, 3.8) is 0 Å². The van der Waals surface area contributed by atoms with Crippen LogP contribution in [0.1, 0.15) is 18.1 Å². The molecule has 0 bridgehead atoms. The van der Waals surface area contributed by atoms with Crippen LogP contribution in [-0.2, 0) is 4.74 Å². The molecule has 0 saturated carbocycles. The maximum Gasteiger partial charge on any atom is 0.0853 e. The second-order valence-electron chi connectivity index (χ2n) is 3.88. The van der Waals surface area contributed by atoms with Crippen molar-refractivity contribution >= 4 is 23.2 Å². The normalized spacial score (nSPS) is 12.9. The summed E-state index contributed by atoms with van der Waals surface area (Å²) < 4.78 is 4.93. The van der Waals surface area contributed by atoms with Gasteiger partial charge in [0.1, 0.15) is 0 Å². The van der Waals surface area contributed by atoms with Crippen molar-refractivity contribution in [1.29, 1.82) is 0 Å². The van der Waals surface area contributed by atoms with E-state index < -0.39 is 6.10 Å². The van der Waals surface area contributed by atoms with Gasteiger partial charge in [-0.15, -0.1) is 0 Å². The van der Waals surface area contributed by atoms with Crippen LogP contribution in [0.4, 0.5) is 0 Å². The zero-order chi connectivity index (χ0) is 13.5. The highest BCUT2D eigenvalue weighted by Crippen LogP contribution is 2.31. The van der Waals surface area contributed by atoms with E-state index in [1.54, 1.807) is 25.3 Å². The average Bonchev–Trinajstić information content (AvgIpc) is 2.29. The van der Waals surface area contributed by atoms with Gasteiger partial charge in [-0.25, -0.2) is 0 Å². The molecule has 0 aromatic heterocycles. The first-order chi connectivity index (χ1) is 8.56. The predicted molar refractivity (Wildman–Crippen MR) is 76.2 cm³/mol. The molecule has 0 spiro atoms. The molecule has 0 aliphatic heterocycles. The zero-order valence-electron chi connectivity index (χ0n) is 10.2. The maximum atomic E-state index is 10.0. The van der Waals surface area contributed by atoms with Crippen LogP contribution >= 0.6 is 23.2 Å². The van der Waals surface area contributed by atoms with Crippen molar-refractivity contribution in [2.24, 2.45) is 0 Å². The molecular weight excluding hydrogens is 271 g/mol. The highest BCUT2D eigenvalue weighted by molar-refractivity contribution is 6.36. The summed E-state index contributed by atoms with van der Waals surface area (Å²) in [4.78, 5) is 0. The maximum absolute atomic E-state index is 10.0. The number of halogens is 2. The predicted octanol–water partition coefficient (Wildman–Crippen LogP) is 4.18. The molecule has 98 valence electrons. The fourth-order valence-electron chi connectivity index (χ4n) is 1.54. The lowest BCUT2D eigenvalue weighted by Gasteiger charge is -2.12. The van der Waals surface area contributed by atoms with Gasteiger partial charge in [0, 0.05) is 22.7 Å². The summed E-state index contributed by atoms with van der Waals surface area (Å²) in [6.45, 7) is 4.28. The number of hydrogen-bond acceptors (Lipinski definition) is 2. The van der Waals surface area contributed by atoms with Gasteiger partial charge in [-0.05, 0) is 24.1 Å². The molecule has 18 heavy (non-hydrogen) atoms. The van der Waals surface area contributed by atoms with Crippen LogP contribution < -0.4 is 0 Å². The molecule has 0 aliphatic rings. The van der Waals surface area contributed by atoms with Crippen LogP contribution in [-0.4, -0.2) is 18.8 Å². The molecule has 0 aliphatic carbocycles. The summed E-state index contributed by atoms with van der Waals surface area (Å²) in [7, 11) is 1.61. The lowest BCUT2D eigenvalue weighted by molar-refractivity contribution is 0.181. The molecule has 1 atom stereocenters. The van der Waals surface area contributed by atoms with E-state index in [2.05, 4.69) is 6.58 Å². The van der Waals surface area contributed by atoms with E-state index in [0.29, 0.717) is 28.6 Å². The van der Waals surface area contributed by atoms with Crippen LogP contribution in [0, 0.1) is 0 Å². The molecule has 1 aromatic rings. The minimum atomic E-state index is -0.724. The first-order valence-corrected chi connectivity index (χ1v) is 6.27. The molecule has 0 amide bonds. The van der Waals surface area contributed by atoms with E-state index in [1.807, 2.05) is 12.2 Å². The third-order valence-electron chi connectivity index (χ3n) is 2.38. The Labute approximate surface area is 117 Å². The van der Waals surface area contributed by atoms with Crippen LogP contribution in [0.15, 0.2) is 42.5 Å². The molecule has 2 nitrogen and oxygen atoms in total. The molecule has 1 N–H and O–H groups in total. The van der Waals surface area contributed by atoms with Crippen molar-refractivity contribution in [2.75, 3.05) is 13.7 Å². The standard InChI is InChI=1S/C14H16Cl2O2/c1-10(9-18-2)5-3-8-13(17)14-11(15)6-4-7-12(14)16/h3-7,13,17H,1,8-9H2,2H3/b5-3+. The number of ether oxygens (including phenoxy) is 1. The van der Waals surface area contributed by atoms with Crippen molar-refractivity contribution in [3.8, 4) is 0 Å². The first-order valence-electron chi connectivity index (χ1n) is 5.51. The molecule has 4 heteroatoms. The van der Waals surface area contributed by atoms with Crippen molar-refractivity contribution < 1.29 is 9.84 Å². The van der Waals surface area contributed by atoms with Gasteiger partial charge in [0.25, 0.3) is 0 Å². The Kier molecular flexibility index (Phi) is 6.44. The lowest BCUT2D eigenvalue weighted by Crippen LogP contribution is -1.98. The number of rotatable bonds is 6. The largest absolute Gasteiger partial charge is 0.388 e. The quantitative estimate of drug-likeness (QED) is 0.795. The number of methoxy groups -OCH3 is 1. The van der Waals surface area contributed by atoms with Crippen molar-refractivity contribution in [3.05, 3.63) is 58.1 Å². The fourth-order valence-corrected chi connectivity index (χ4v) is 2.19. The minimum Gasteiger partial charge on any atom is -0.388 e. The summed E-state index contributed by atoms with van der Waals surface area (Å²) in [5.41, 5.74) is 1.40. The van der Waals surface area contributed by atoms with Gasteiger partial charge >= 0.3 is 0 Å². The van der Waals surface area contributed by atoms with E-state index in [0.717, 1.165) is 5.57 Å². The fraction of sp³-hybridized carbons (Fsp3) is 0.286. The Morgan fingerprint density at radius 3 is 2.61 bits per heavy atom. The number of aliphatic hydroxyl groups excluding tert-OH is 1. The summed E-state index contributed by atoms with van der Waals surface area (Å²) in [6.07, 6.45) is 3.34. The SMILES string of the molecule is C=C(/C=C/CC(O)c1c(Cl)cccc1Cl)COC. The van der Waals surface area contributed by atoms with E-state index in [1.165, 1.54) is 0 Å². The van der Waals surface area contributed by atoms with Gasteiger partial charge in [-0.3, -0.25) is 0 Å². The minimum absolute atomic E-state index is 0.423. The highest BCUT2D eigenvalue weighted by atomic mass is 35.5. The van der Waals surface area contributed by atoms with Crippen LogP contribution in [0.3, 0.4) is 0 Å². The summed E-state index contributed by atoms with van der Waals surface area (Å²) in [5, 5.41) is 11.0. The van der Waals surface area contributed by atoms with Gasteiger partial charge in [-0.1, -0.05) is 48.0 Å². The molecule has 0 fully saturated rings. The Bertz CT molecular complexity index is 421. The second kappa shape index (κ2) is 7.59. The molecule has 1 rings (SSSR count). The second-order valence-corrected chi connectivity index (χ2v) is 4.69. The topological polar surface area (TPSA) is 29.5 Å². The first kappa shape index (κ1) is 15.3. The average molecular weight is 287 g/mol. The third-order valence-corrected chi connectivity index (χ3v) is 3.03. The number of aliphatic hydroxyl groups is 1. The summed E-state index contributed by atoms with van der Waals surface area (Å²) >= 11 is 12.0. The van der Waals surface area contributed by atoms with E-state index >= 15 is 0 Å². The number of hydrogen-bond donors (Lipinski definition) is 1. The highest BCUT2D eigenvalue weighted by Gasteiger charge is 2.13. The van der Waals surface area contributed by atoms with Gasteiger partial charge in [0.05, 0.1) is 12.7 Å². The third kappa shape index (κ3) is 4.46. The van der Waals surface area contributed by atoms with Gasteiger partial charge < -0.3 is 9.84 Å². The lowest BCUT2D eigenvalue weighted by atomic mass is 10.1. The van der Waals surface area contributed by atoms with Crippen LogP contribution in [0.5, 0.6) is 0 Å². The Balaban J connectivity index is 2.66.